The molecule has 0 heterocycles. The Morgan fingerprint density at radius 2 is 1.75 bits per heavy atom. The summed E-state index contributed by atoms with van der Waals surface area (Å²) in [5, 5.41) is 15.0. The summed E-state index contributed by atoms with van der Waals surface area (Å²) >= 11 is -1.75. The second-order valence-electron chi connectivity index (χ2n) is 0.643. The molecule has 5 nitrogen and oxygen atoms in total. The van der Waals surface area contributed by atoms with Crippen molar-refractivity contribution in [1.29, 1.82) is 0 Å². The summed E-state index contributed by atoms with van der Waals surface area (Å²) in [5.74, 6) is -1.19. The van der Waals surface area contributed by atoms with Gasteiger partial charge in [-0.1, -0.05) is 0 Å². The number of carboxylic acids is 1. The molecule has 0 rings (SSSR count). The minimum atomic E-state index is -1.75. The minimum absolute atomic E-state index is 0.778. The van der Waals surface area contributed by atoms with Gasteiger partial charge in [-0.3, -0.25) is 0 Å². The van der Waals surface area contributed by atoms with Crippen LogP contribution >= 0.6 is 0 Å². The predicted molar refractivity (Wildman–Crippen MR) is 17.6 cm³/mol. The third-order valence-corrected chi connectivity index (χ3v) is 0.135. The van der Waals surface area contributed by atoms with Crippen molar-refractivity contribution in [3.05, 3.63) is 0 Å². The fraction of sp³-hybridized carbons (Fsp3) is 0.500. The first-order chi connectivity index (χ1) is 3.68. The average molecular weight is 157 g/mol. The van der Waals surface area contributed by atoms with Gasteiger partial charge in [-0.2, -0.15) is 0 Å². The van der Waals surface area contributed by atoms with Gasteiger partial charge in [0.25, 0.3) is 0 Å². The molecule has 0 spiro atoms. The van der Waals surface area contributed by atoms with Crippen LogP contribution in [0.2, 0.25) is 0 Å². The van der Waals surface area contributed by atoms with Crippen LogP contribution in [0.4, 0.5) is 0 Å². The van der Waals surface area contributed by atoms with Crippen LogP contribution in [0, 0.1) is 0 Å². The molecule has 3 N–H and O–H groups in total. The van der Waals surface area contributed by atoms with Gasteiger partial charge in [-0.25, -0.2) is 4.79 Å². The number of hydrogen-bond acceptors (Lipinski definition) is 3. The molecule has 0 radical (unpaired) electrons. The van der Waals surface area contributed by atoms with Crippen LogP contribution in [-0.4, -0.2) is 26.5 Å². The molecule has 8 heavy (non-hydrogen) atoms. The molecule has 0 fully saturated rings. The first-order valence-electron chi connectivity index (χ1n) is 1.53. The summed E-state index contributed by atoms with van der Waals surface area (Å²) in [4.78, 5) is 9.12. The van der Waals surface area contributed by atoms with Gasteiger partial charge in [-0.15, -0.1) is 0 Å². The Morgan fingerprint density at radius 3 is 1.75 bits per heavy atom. The monoisotopic (exact) mass is 157 g/mol. The number of carboxylic acid groups (broad SMARTS) is 1. The van der Waals surface area contributed by atoms with E-state index in [9.17, 15) is 0 Å². The second kappa shape index (κ2) is 10.0. The zero-order valence-corrected chi connectivity index (χ0v) is 5.43. The molecule has 0 unspecified atom stereocenters. The van der Waals surface area contributed by atoms with E-state index in [1.807, 2.05) is 0 Å². The molecule has 0 saturated carbocycles. The van der Waals surface area contributed by atoms with Gasteiger partial charge in [0.1, 0.15) is 6.61 Å². The van der Waals surface area contributed by atoms with Crippen LogP contribution in [0.15, 0.2) is 0 Å². The quantitative estimate of drug-likeness (QED) is 0.397. The molecule has 0 aliphatic heterocycles. The van der Waals surface area contributed by atoms with E-state index in [4.69, 9.17) is 22.0 Å². The number of rotatable bonds is 1. The van der Waals surface area contributed by atoms with Crippen LogP contribution < -0.4 is 0 Å². The Balaban J connectivity index is 0. The Bertz CT molecular complexity index is 70.8. The van der Waals surface area contributed by atoms with E-state index in [1.54, 1.807) is 0 Å². The summed E-state index contributed by atoms with van der Waals surface area (Å²) in [6.07, 6.45) is 0. The van der Waals surface area contributed by atoms with Crippen LogP contribution in [0.25, 0.3) is 0 Å². The summed E-state index contributed by atoms with van der Waals surface area (Å²) < 4.78 is 15.8. The van der Waals surface area contributed by atoms with E-state index < -0.39 is 32.1 Å². The third-order valence-electron chi connectivity index (χ3n) is 0.135. The fourth-order valence-electron chi connectivity index (χ4n) is 0. The first-order valence-corrected chi connectivity index (χ1v) is 2.86. The normalized spacial score (nSPS) is 5.75. The maximum absolute atomic E-state index is 9.12. The number of aliphatic carboxylic acids is 1. The van der Waals surface area contributed by atoms with Crippen molar-refractivity contribution in [2.24, 2.45) is 0 Å². The standard InChI is InChI=1S/C2H4O3.H2O.O.Ti/c3-1-2(4)5;;;/h3H,1H2,(H,4,5);1H2;;/q;;;+1/p-1. The number of aliphatic hydroxyl groups is 1. The van der Waals surface area contributed by atoms with Gasteiger partial charge in [0.2, 0.25) is 0 Å². The number of aliphatic hydroxyl groups excluding tert-OH is 1. The molecule has 0 aromatic heterocycles. The van der Waals surface area contributed by atoms with Crippen LogP contribution in [0.1, 0.15) is 0 Å². The maximum atomic E-state index is 9.12. The van der Waals surface area contributed by atoms with Crippen molar-refractivity contribution in [2.45, 2.75) is 0 Å². The molecule has 0 aliphatic carbocycles. The summed E-state index contributed by atoms with van der Waals surface area (Å²) in [5.41, 5.74) is 0. The van der Waals surface area contributed by atoms with Gasteiger partial charge in [0.05, 0.1) is 0 Å². The van der Waals surface area contributed by atoms with E-state index in [0.29, 0.717) is 0 Å². The van der Waals surface area contributed by atoms with Crippen molar-refractivity contribution in [3.8, 4) is 0 Å². The van der Waals surface area contributed by atoms with E-state index in [-0.39, 0.29) is 0 Å². The van der Waals surface area contributed by atoms with E-state index in [2.05, 4.69) is 0 Å². The van der Waals surface area contributed by atoms with Crippen molar-refractivity contribution in [3.63, 3.8) is 0 Å². The molecule has 0 bridgehead atoms. The topological polar surface area (TPSA) is 94.8 Å². The van der Waals surface area contributed by atoms with Crippen molar-refractivity contribution in [2.75, 3.05) is 6.61 Å². The summed E-state index contributed by atoms with van der Waals surface area (Å²) in [6, 6.07) is 0. The van der Waals surface area contributed by atoms with E-state index >= 15 is 0 Å². The van der Waals surface area contributed by atoms with Crippen LogP contribution in [0.3, 0.4) is 0 Å². The Kier molecular flexibility index (Phi) is 13.5. The Hall–Kier alpha value is -0.0957. The molecule has 47 valence electrons. The van der Waals surface area contributed by atoms with Crippen molar-refractivity contribution in [1.82, 2.24) is 0 Å². The van der Waals surface area contributed by atoms with E-state index in [0.717, 1.165) is 0 Å². The van der Waals surface area contributed by atoms with Gasteiger partial charge in [0, 0.05) is 0 Å². The van der Waals surface area contributed by atoms with Crippen LogP contribution in [0.5, 0.6) is 0 Å². The molecular formula is C2H5O5Ti. The molecule has 6 heteroatoms. The molecule has 0 aromatic rings. The van der Waals surface area contributed by atoms with Crippen molar-refractivity contribution >= 4 is 5.97 Å². The summed E-state index contributed by atoms with van der Waals surface area (Å²) in [6.45, 7) is -0.778. The SMILES string of the molecule is O=C(O)CO.[O]=[Ti][OH]. The first kappa shape index (κ1) is 10.8. The zero-order chi connectivity index (χ0) is 6.99. The molecular weight excluding hydrogens is 152 g/mol. The van der Waals surface area contributed by atoms with Gasteiger partial charge >= 0.3 is 32.5 Å². The van der Waals surface area contributed by atoms with Gasteiger partial charge < -0.3 is 10.2 Å². The third kappa shape index (κ3) is 39.2. The molecule has 0 saturated heterocycles. The second-order valence-corrected chi connectivity index (χ2v) is 0.928. The molecule has 0 aliphatic rings. The fourth-order valence-corrected chi connectivity index (χ4v) is 0. The predicted octanol–water partition coefficient (Wildman–Crippen LogP) is -1.62. The van der Waals surface area contributed by atoms with Crippen molar-refractivity contribution < 1.29 is 41.5 Å². The van der Waals surface area contributed by atoms with Gasteiger partial charge in [0.15, 0.2) is 0 Å². The van der Waals surface area contributed by atoms with E-state index in [1.165, 1.54) is 0 Å². The Morgan fingerprint density at radius 1 is 1.62 bits per heavy atom. The Labute approximate surface area is 54.7 Å². The molecule has 0 amide bonds. The number of hydrogen-bond donors (Lipinski definition) is 3. The average Bonchev–Trinajstić information content (AvgIpc) is 1.69. The van der Waals surface area contributed by atoms with Crippen LogP contribution in [-0.2, 0) is 27.6 Å². The van der Waals surface area contributed by atoms with Gasteiger partial charge in [-0.05, 0) is 0 Å². The zero-order valence-electron chi connectivity index (χ0n) is 3.87. The molecule has 0 atom stereocenters. The summed E-state index contributed by atoms with van der Waals surface area (Å²) in [7, 11) is 0. The molecule has 0 aromatic carbocycles. The number of carbonyl (C=O) groups is 1.